The summed E-state index contributed by atoms with van der Waals surface area (Å²) in [6, 6.07) is 9.34. The van der Waals surface area contributed by atoms with E-state index < -0.39 is 25.0 Å². The van der Waals surface area contributed by atoms with Crippen LogP contribution in [0.25, 0.3) is 33.5 Å². The zero-order valence-corrected chi connectivity index (χ0v) is 17.3. The predicted molar refractivity (Wildman–Crippen MR) is 114 cm³/mol. The third-order valence-corrected chi connectivity index (χ3v) is 5.46. The Labute approximate surface area is 184 Å². The van der Waals surface area contributed by atoms with E-state index in [2.05, 4.69) is 9.97 Å². The van der Waals surface area contributed by atoms with E-state index in [0.717, 1.165) is 0 Å². The molecule has 4 rings (SSSR count). The van der Waals surface area contributed by atoms with Crippen molar-refractivity contribution in [2.45, 2.75) is 19.1 Å². The van der Waals surface area contributed by atoms with Crippen LogP contribution < -0.4 is 5.73 Å². The molecule has 0 saturated heterocycles. The maximum absolute atomic E-state index is 14.3. The van der Waals surface area contributed by atoms with Gasteiger partial charge in [0.15, 0.2) is 6.17 Å². The number of halogens is 5. The van der Waals surface area contributed by atoms with Gasteiger partial charge in [-0.3, -0.25) is 4.79 Å². The Balaban J connectivity index is 2.06. The first-order valence-corrected chi connectivity index (χ1v) is 9.87. The number of pyridine rings is 1. The lowest BCUT2D eigenvalue weighted by molar-refractivity contribution is 0.0412. The number of aromatic nitrogens is 3. The van der Waals surface area contributed by atoms with Gasteiger partial charge in [0.2, 0.25) is 0 Å². The van der Waals surface area contributed by atoms with Crippen LogP contribution in [-0.2, 0) is 6.54 Å². The van der Waals surface area contributed by atoms with Crippen molar-refractivity contribution in [2.24, 2.45) is 5.73 Å². The summed E-state index contributed by atoms with van der Waals surface area (Å²) in [4.78, 5) is 19.4. The fourth-order valence-electron chi connectivity index (χ4n) is 3.56. The number of carbonyl (C=O) groups excluding carboxylic acids is 1. The summed E-state index contributed by atoms with van der Waals surface area (Å²) < 4.78 is 41.9. The van der Waals surface area contributed by atoms with Crippen LogP contribution in [0.1, 0.15) is 10.4 Å². The summed E-state index contributed by atoms with van der Waals surface area (Å²) in [5, 5.41) is 1.17. The van der Waals surface area contributed by atoms with Crippen LogP contribution in [0, 0.1) is 0 Å². The minimum atomic E-state index is -3.22. The molecule has 10 heteroatoms. The van der Waals surface area contributed by atoms with Crippen LogP contribution in [0.3, 0.4) is 0 Å². The molecule has 5 nitrogen and oxygen atoms in total. The highest BCUT2D eigenvalue weighted by atomic mass is 35.5. The van der Waals surface area contributed by atoms with Gasteiger partial charge in [-0.15, -0.1) is 0 Å². The Morgan fingerprint density at radius 3 is 2.58 bits per heavy atom. The molecule has 1 atom stereocenters. The number of fused-ring (bicyclic) bond motifs is 1. The van der Waals surface area contributed by atoms with Crippen molar-refractivity contribution in [1.29, 1.82) is 0 Å². The van der Waals surface area contributed by atoms with Crippen molar-refractivity contribution in [1.82, 2.24) is 14.5 Å². The number of hydrogen-bond donors (Lipinski definition) is 2. The number of H-pyrrole nitrogens is 1. The lowest BCUT2D eigenvalue weighted by Gasteiger charge is -2.18. The highest BCUT2D eigenvalue weighted by Crippen LogP contribution is 2.39. The van der Waals surface area contributed by atoms with Crippen molar-refractivity contribution in [3.8, 4) is 22.5 Å². The van der Waals surface area contributed by atoms with Gasteiger partial charge in [0.05, 0.1) is 28.5 Å². The number of benzene rings is 1. The van der Waals surface area contributed by atoms with Gasteiger partial charge in [0, 0.05) is 33.9 Å². The number of nitrogens with two attached hydrogens (primary N) is 1. The first-order chi connectivity index (χ1) is 14.8. The van der Waals surface area contributed by atoms with Gasteiger partial charge >= 0.3 is 0 Å². The number of nitrogens with zero attached hydrogens (tertiary/aromatic N) is 2. The van der Waals surface area contributed by atoms with E-state index in [1.807, 2.05) is 0 Å². The lowest BCUT2D eigenvalue weighted by Crippen LogP contribution is -2.21. The number of hydrogen-bond acceptors (Lipinski definition) is 2. The molecule has 31 heavy (non-hydrogen) atoms. The highest BCUT2D eigenvalue weighted by molar-refractivity contribution is 6.36. The Morgan fingerprint density at radius 2 is 1.90 bits per heavy atom. The van der Waals surface area contributed by atoms with E-state index in [0.29, 0.717) is 32.9 Å². The van der Waals surface area contributed by atoms with Gasteiger partial charge in [-0.05, 0) is 36.4 Å². The number of amides is 1. The maximum Gasteiger partial charge on any atom is 0.271 e. The highest BCUT2D eigenvalue weighted by Gasteiger charge is 2.28. The van der Waals surface area contributed by atoms with Crippen LogP contribution in [0.15, 0.2) is 48.8 Å². The van der Waals surface area contributed by atoms with Crippen LogP contribution >= 0.6 is 23.2 Å². The minimum absolute atomic E-state index is 0.0150. The largest absolute Gasteiger partial charge is 0.366 e. The molecule has 3 heterocycles. The van der Waals surface area contributed by atoms with E-state index in [1.165, 1.54) is 35.0 Å². The number of alkyl halides is 3. The average Bonchev–Trinajstić information content (AvgIpc) is 3.33. The number of aromatic amines is 1. The summed E-state index contributed by atoms with van der Waals surface area (Å²) in [5.74, 6) is -0.812. The first-order valence-electron chi connectivity index (χ1n) is 9.11. The minimum Gasteiger partial charge on any atom is -0.366 e. The molecule has 0 bridgehead atoms. The number of rotatable bonds is 6. The molecule has 3 aromatic heterocycles. The molecule has 1 aromatic carbocycles. The summed E-state index contributed by atoms with van der Waals surface area (Å²) in [6.07, 6.45) is -2.52. The summed E-state index contributed by atoms with van der Waals surface area (Å²) in [5.41, 5.74) is 7.48. The summed E-state index contributed by atoms with van der Waals surface area (Å²) in [6.45, 7) is -0.719. The van der Waals surface area contributed by atoms with Gasteiger partial charge in [-0.1, -0.05) is 23.2 Å². The van der Waals surface area contributed by atoms with Crippen molar-refractivity contribution < 1.29 is 18.0 Å². The van der Waals surface area contributed by atoms with Crippen molar-refractivity contribution >= 4 is 40.1 Å². The second-order valence-corrected chi connectivity index (χ2v) is 7.68. The fraction of sp³-hybridized carbons (Fsp3) is 0.143. The van der Waals surface area contributed by atoms with Gasteiger partial charge in [-0.25, -0.2) is 18.2 Å². The zero-order valence-electron chi connectivity index (χ0n) is 15.8. The predicted octanol–water partition coefficient (Wildman–Crippen LogP) is 5.71. The van der Waals surface area contributed by atoms with Crippen molar-refractivity contribution in [3.05, 3.63) is 64.4 Å². The van der Waals surface area contributed by atoms with Gasteiger partial charge in [-0.2, -0.15) is 0 Å². The molecule has 0 aliphatic rings. The quantitative estimate of drug-likeness (QED) is 0.381. The van der Waals surface area contributed by atoms with Crippen LogP contribution in [-0.4, -0.2) is 33.0 Å². The molecular weight excluding hydrogens is 452 g/mol. The van der Waals surface area contributed by atoms with E-state index in [9.17, 15) is 18.0 Å². The van der Waals surface area contributed by atoms with E-state index in [4.69, 9.17) is 28.9 Å². The molecule has 0 fully saturated rings. The van der Waals surface area contributed by atoms with Crippen molar-refractivity contribution in [3.63, 3.8) is 0 Å². The van der Waals surface area contributed by atoms with Crippen molar-refractivity contribution in [2.75, 3.05) is 0 Å². The molecule has 4 aromatic rings. The van der Waals surface area contributed by atoms with E-state index in [1.54, 1.807) is 18.3 Å². The molecule has 0 spiro atoms. The van der Waals surface area contributed by atoms with E-state index in [-0.39, 0.29) is 16.3 Å². The summed E-state index contributed by atoms with van der Waals surface area (Å²) >= 11 is 12.3. The Kier molecular flexibility index (Phi) is 5.68. The average molecular weight is 467 g/mol. The van der Waals surface area contributed by atoms with Gasteiger partial charge in [0.25, 0.3) is 12.3 Å². The first kappa shape index (κ1) is 21.3. The van der Waals surface area contributed by atoms with Crippen LogP contribution in [0.4, 0.5) is 13.2 Å². The zero-order chi connectivity index (χ0) is 22.3. The normalized spacial score (nSPS) is 12.6. The standard InChI is InChI=1S/C21H15Cl2F3N4O/c22-10-1-2-13(15(23)7-10)18-14(20(27)31)8-17(30(18)9-16(24)19(25)26)11-3-5-28-21-12(11)4-6-29-21/h1-8,16,19H,9H2,(H2,27,31)(H,28,29). The molecule has 3 N–H and O–H groups in total. The SMILES string of the molecule is NC(=O)c1cc(-c2ccnc3[nH]ccc23)n(CC(F)C(F)F)c1-c1ccc(Cl)cc1Cl. The Hall–Kier alpha value is -2.97. The second-order valence-electron chi connectivity index (χ2n) is 6.84. The Morgan fingerprint density at radius 1 is 1.13 bits per heavy atom. The molecule has 1 unspecified atom stereocenters. The van der Waals surface area contributed by atoms with Gasteiger partial charge < -0.3 is 15.3 Å². The number of carbonyl (C=O) groups is 1. The molecule has 160 valence electrons. The smallest absolute Gasteiger partial charge is 0.271 e. The van der Waals surface area contributed by atoms with Gasteiger partial charge in [0.1, 0.15) is 5.65 Å². The monoisotopic (exact) mass is 466 g/mol. The molecule has 0 radical (unpaired) electrons. The third kappa shape index (κ3) is 3.88. The molecule has 0 saturated carbocycles. The number of primary amides is 1. The molecule has 0 aliphatic heterocycles. The maximum atomic E-state index is 14.3. The molecule has 0 aliphatic carbocycles. The second kappa shape index (κ2) is 8.28. The Bertz CT molecular complexity index is 1290. The molecule has 1 amide bonds. The van der Waals surface area contributed by atoms with Crippen LogP contribution in [0.2, 0.25) is 10.0 Å². The fourth-order valence-corrected chi connectivity index (χ4v) is 4.06. The number of nitrogens with one attached hydrogen (secondary N) is 1. The third-order valence-electron chi connectivity index (χ3n) is 4.92. The van der Waals surface area contributed by atoms with E-state index >= 15 is 0 Å². The summed E-state index contributed by atoms with van der Waals surface area (Å²) in [7, 11) is 0. The topological polar surface area (TPSA) is 76.7 Å². The molecular formula is C21H15Cl2F3N4O. The van der Waals surface area contributed by atoms with Crippen LogP contribution in [0.5, 0.6) is 0 Å². The lowest BCUT2D eigenvalue weighted by atomic mass is 10.1.